The van der Waals surface area contributed by atoms with Crippen molar-refractivity contribution in [2.24, 2.45) is 5.16 Å². The number of carboxylic acids is 2. The Labute approximate surface area is 78.3 Å². The zero-order valence-corrected chi connectivity index (χ0v) is 6.91. The maximum Gasteiger partial charge on any atom is 0.414 e. The Hall–Kier alpha value is -2.18. The van der Waals surface area contributed by atoms with Crippen LogP contribution >= 0.6 is 0 Å². The Bertz CT molecular complexity index is 281. The minimum absolute atomic E-state index is 0.0197. The fourth-order valence-electron chi connectivity index (χ4n) is 0.380. The summed E-state index contributed by atoms with van der Waals surface area (Å²) in [6.07, 6.45) is 4.40. The zero-order valence-electron chi connectivity index (χ0n) is 6.91. The van der Waals surface area contributed by atoms with Gasteiger partial charge in [0.25, 0.3) is 0 Å². The van der Waals surface area contributed by atoms with Gasteiger partial charge in [0.1, 0.15) is 6.26 Å². The van der Waals surface area contributed by atoms with E-state index in [1.165, 1.54) is 18.6 Å². The molecule has 1 aliphatic heterocycles. The van der Waals surface area contributed by atoms with Crippen LogP contribution in [0.2, 0.25) is 0 Å². The van der Waals surface area contributed by atoms with Gasteiger partial charge >= 0.3 is 11.9 Å². The van der Waals surface area contributed by atoms with Crippen LogP contribution in [0, 0.1) is 0 Å². The molecule has 1 heterocycles. The minimum atomic E-state index is -1.82. The normalized spacial score (nSPS) is 13.3. The number of allylic oxidation sites excluding steroid dienone is 1. The summed E-state index contributed by atoms with van der Waals surface area (Å²) in [5, 5.41) is 18.2. The van der Waals surface area contributed by atoms with Gasteiger partial charge in [0.15, 0.2) is 5.78 Å². The van der Waals surface area contributed by atoms with Crippen molar-refractivity contribution in [1.82, 2.24) is 0 Å². The van der Waals surface area contributed by atoms with E-state index in [0.717, 1.165) is 0 Å². The lowest BCUT2D eigenvalue weighted by molar-refractivity contribution is -0.159. The Morgan fingerprint density at radius 3 is 2.43 bits per heavy atom. The lowest BCUT2D eigenvalue weighted by atomic mass is 10.3. The third-order valence-electron chi connectivity index (χ3n) is 0.926. The lowest BCUT2D eigenvalue weighted by Crippen LogP contribution is -2.09. The molecule has 0 unspecified atom stereocenters. The molecular formula is C7H7NO6. The summed E-state index contributed by atoms with van der Waals surface area (Å²) in [5.74, 6) is -3.63. The fraction of sp³-hybridized carbons (Fsp3) is 0.143. The molecule has 2 N–H and O–H groups in total. The monoisotopic (exact) mass is 201 g/mol. The van der Waals surface area contributed by atoms with Crippen molar-refractivity contribution in [3.63, 3.8) is 0 Å². The summed E-state index contributed by atoms with van der Waals surface area (Å²) < 4.78 is 0. The summed E-state index contributed by atoms with van der Waals surface area (Å²) in [6, 6.07) is 0. The van der Waals surface area contributed by atoms with E-state index in [1.54, 1.807) is 0 Å². The molecule has 0 saturated heterocycles. The average molecular weight is 201 g/mol. The molecule has 0 bridgehead atoms. The van der Waals surface area contributed by atoms with Gasteiger partial charge in [-0.1, -0.05) is 5.16 Å². The molecule has 0 aliphatic carbocycles. The Kier molecular flexibility index (Phi) is 5.36. The smallest absolute Gasteiger partial charge is 0.414 e. The maximum atomic E-state index is 10.4. The van der Waals surface area contributed by atoms with Crippen molar-refractivity contribution in [2.45, 2.75) is 6.42 Å². The molecule has 0 aromatic carbocycles. The number of aliphatic carboxylic acids is 2. The molecule has 0 aromatic rings. The van der Waals surface area contributed by atoms with Gasteiger partial charge < -0.3 is 15.1 Å². The molecular weight excluding hydrogens is 194 g/mol. The van der Waals surface area contributed by atoms with Crippen LogP contribution in [-0.4, -0.2) is 34.1 Å². The number of ketones is 1. The lowest BCUT2D eigenvalue weighted by Gasteiger charge is -1.77. The minimum Gasteiger partial charge on any atom is -0.473 e. The molecule has 0 fully saturated rings. The molecule has 1 aliphatic rings. The van der Waals surface area contributed by atoms with Gasteiger partial charge in [-0.3, -0.25) is 4.79 Å². The molecule has 7 heteroatoms. The van der Waals surface area contributed by atoms with E-state index >= 15 is 0 Å². The Balaban J connectivity index is 0.000000255. The standard InChI is InChI=1S/C5H5NO2.C2H2O4/c7-5-1-3-6-8-4-2-5;3-1(4)2(5)6/h2-4H,1H2;(H,3,4)(H,5,6). The molecule has 76 valence electrons. The fourth-order valence-corrected chi connectivity index (χ4v) is 0.380. The van der Waals surface area contributed by atoms with Gasteiger partial charge in [-0.15, -0.1) is 0 Å². The molecule has 0 spiro atoms. The van der Waals surface area contributed by atoms with E-state index in [-0.39, 0.29) is 5.78 Å². The Morgan fingerprint density at radius 2 is 1.93 bits per heavy atom. The van der Waals surface area contributed by atoms with E-state index in [1.807, 2.05) is 0 Å². The molecule has 1 rings (SSSR count). The van der Waals surface area contributed by atoms with E-state index in [0.29, 0.717) is 6.42 Å². The van der Waals surface area contributed by atoms with Crippen molar-refractivity contribution >= 4 is 23.9 Å². The van der Waals surface area contributed by atoms with Crippen LogP contribution in [0.25, 0.3) is 0 Å². The highest BCUT2D eigenvalue weighted by Gasteiger charge is 2.04. The van der Waals surface area contributed by atoms with Crippen molar-refractivity contribution < 1.29 is 29.4 Å². The summed E-state index contributed by atoms with van der Waals surface area (Å²) >= 11 is 0. The second-order valence-corrected chi connectivity index (χ2v) is 1.98. The third-order valence-corrected chi connectivity index (χ3v) is 0.926. The highest BCUT2D eigenvalue weighted by molar-refractivity contribution is 6.27. The predicted octanol–water partition coefficient (Wildman–Crippen LogP) is -0.369. The first-order valence-electron chi connectivity index (χ1n) is 3.37. The number of oxime groups is 1. The van der Waals surface area contributed by atoms with Crippen LogP contribution in [-0.2, 0) is 19.2 Å². The van der Waals surface area contributed by atoms with Gasteiger partial charge in [0.05, 0.1) is 6.21 Å². The van der Waals surface area contributed by atoms with Crippen LogP contribution in [0.3, 0.4) is 0 Å². The molecule has 0 atom stereocenters. The molecule has 0 radical (unpaired) electrons. The Morgan fingerprint density at radius 1 is 1.36 bits per heavy atom. The van der Waals surface area contributed by atoms with Gasteiger partial charge in [-0.2, -0.15) is 0 Å². The third kappa shape index (κ3) is 6.53. The second kappa shape index (κ2) is 6.35. The summed E-state index contributed by atoms with van der Waals surface area (Å²) in [5.41, 5.74) is 0. The highest BCUT2D eigenvalue weighted by Crippen LogP contribution is 1.89. The molecule has 7 nitrogen and oxygen atoms in total. The van der Waals surface area contributed by atoms with Crippen LogP contribution in [0.5, 0.6) is 0 Å². The SMILES string of the molecule is O=C(O)C(=O)O.O=C1C=CON=CC1. The van der Waals surface area contributed by atoms with Crippen molar-refractivity contribution in [3.8, 4) is 0 Å². The predicted molar refractivity (Wildman–Crippen MR) is 43.6 cm³/mol. The number of hydrogen-bond donors (Lipinski definition) is 2. The molecule has 0 amide bonds. The van der Waals surface area contributed by atoms with E-state index in [9.17, 15) is 4.79 Å². The van der Waals surface area contributed by atoms with Crippen molar-refractivity contribution in [2.75, 3.05) is 0 Å². The van der Waals surface area contributed by atoms with Crippen molar-refractivity contribution in [1.29, 1.82) is 0 Å². The van der Waals surface area contributed by atoms with Gasteiger partial charge in [0.2, 0.25) is 0 Å². The number of rotatable bonds is 0. The van der Waals surface area contributed by atoms with Gasteiger partial charge in [0, 0.05) is 12.5 Å². The molecule has 0 saturated carbocycles. The van der Waals surface area contributed by atoms with Crippen LogP contribution in [0.4, 0.5) is 0 Å². The average Bonchev–Trinajstić information content (AvgIpc) is 2.33. The summed E-state index contributed by atoms with van der Waals surface area (Å²) in [7, 11) is 0. The van der Waals surface area contributed by atoms with Crippen molar-refractivity contribution in [3.05, 3.63) is 12.3 Å². The number of carboxylic acid groups (broad SMARTS) is 2. The number of carbonyl (C=O) groups excluding carboxylic acids is 1. The van der Waals surface area contributed by atoms with Gasteiger partial charge in [-0.05, 0) is 0 Å². The second-order valence-electron chi connectivity index (χ2n) is 1.98. The highest BCUT2D eigenvalue weighted by atomic mass is 16.6. The van der Waals surface area contributed by atoms with E-state index in [4.69, 9.17) is 19.8 Å². The van der Waals surface area contributed by atoms with Crippen LogP contribution < -0.4 is 0 Å². The van der Waals surface area contributed by atoms with Crippen LogP contribution in [0.1, 0.15) is 6.42 Å². The topological polar surface area (TPSA) is 113 Å². The first kappa shape index (κ1) is 11.8. The molecule has 14 heavy (non-hydrogen) atoms. The molecule has 0 aromatic heterocycles. The largest absolute Gasteiger partial charge is 0.473 e. The van der Waals surface area contributed by atoms with E-state index in [2.05, 4.69) is 9.99 Å². The van der Waals surface area contributed by atoms with Crippen LogP contribution in [0.15, 0.2) is 17.5 Å². The zero-order chi connectivity index (χ0) is 11.0. The maximum absolute atomic E-state index is 10.4. The summed E-state index contributed by atoms with van der Waals surface area (Å²) in [6.45, 7) is 0. The number of hydrogen-bond acceptors (Lipinski definition) is 5. The number of carbonyl (C=O) groups is 3. The quantitative estimate of drug-likeness (QED) is 0.517. The van der Waals surface area contributed by atoms with E-state index < -0.39 is 11.9 Å². The first-order chi connectivity index (χ1) is 6.54. The van der Waals surface area contributed by atoms with Gasteiger partial charge in [-0.25, -0.2) is 9.59 Å². The summed E-state index contributed by atoms with van der Waals surface area (Å²) in [4.78, 5) is 33.1. The number of nitrogens with zero attached hydrogens (tertiary/aromatic N) is 1. The first-order valence-corrected chi connectivity index (χ1v) is 3.37.